The summed E-state index contributed by atoms with van der Waals surface area (Å²) in [6.07, 6.45) is 4.48. The first-order valence-electron chi connectivity index (χ1n) is 6.58. The van der Waals surface area contributed by atoms with Crippen molar-refractivity contribution >= 4 is 0 Å². The summed E-state index contributed by atoms with van der Waals surface area (Å²) in [5.41, 5.74) is 1.03. The lowest BCUT2D eigenvalue weighted by molar-refractivity contribution is 0.106. The van der Waals surface area contributed by atoms with Crippen LogP contribution in [0.15, 0.2) is 12.3 Å². The highest BCUT2D eigenvalue weighted by atomic mass is 16.5. The van der Waals surface area contributed by atoms with Crippen molar-refractivity contribution in [1.29, 1.82) is 0 Å². The van der Waals surface area contributed by atoms with Gasteiger partial charge in [-0.25, -0.2) is 0 Å². The minimum atomic E-state index is 0.424. The molecule has 96 valence electrons. The van der Waals surface area contributed by atoms with E-state index in [1.165, 1.54) is 13.0 Å². The van der Waals surface area contributed by atoms with Gasteiger partial charge in [0.25, 0.3) is 0 Å². The van der Waals surface area contributed by atoms with Gasteiger partial charge in [-0.3, -0.25) is 4.68 Å². The third-order valence-electron chi connectivity index (χ3n) is 3.28. The topological polar surface area (TPSA) is 39.1 Å². The van der Waals surface area contributed by atoms with Crippen LogP contribution in [0.3, 0.4) is 0 Å². The van der Waals surface area contributed by atoms with Crippen molar-refractivity contribution in [3.8, 4) is 0 Å². The van der Waals surface area contributed by atoms with E-state index in [4.69, 9.17) is 4.74 Å². The van der Waals surface area contributed by atoms with Crippen LogP contribution in [0.4, 0.5) is 0 Å². The Morgan fingerprint density at radius 3 is 3.12 bits per heavy atom. The normalized spacial score (nSPS) is 20.3. The van der Waals surface area contributed by atoms with E-state index in [-0.39, 0.29) is 0 Å². The summed E-state index contributed by atoms with van der Waals surface area (Å²) in [5, 5.41) is 7.83. The highest BCUT2D eigenvalue weighted by Crippen LogP contribution is 2.12. The van der Waals surface area contributed by atoms with Gasteiger partial charge in [0, 0.05) is 18.8 Å². The van der Waals surface area contributed by atoms with Crippen molar-refractivity contribution in [2.75, 3.05) is 19.7 Å². The van der Waals surface area contributed by atoms with Gasteiger partial charge >= 0.3 is 0 Å². The molecule has 4 heteroatoms. The first kappa shape index (κ1) is 12.6. The molecule has 0 aromatic carbocycles. The molecule has 1 aromatic heterocycles. The molecule has 1 fully saturated rings. The maximum Gasteiger partial charge on any atom is 0.0906 e. The van der Waals surface area contributed by atoms with Crippen molar-refractivity contribution < 1.29 is 4.74 Å². The molecule has 2 rings (SSSR count). The number of hydrogen-bond acceptors (Lipinski definition) is 3. The van der Waals surface area contributed by atoms with Gasteiger partial charge in [0.2, 0.25) is 0 Å². The quantitative estimate of drug-likeness (QED) is 0.769. The molecule has 1 unspecified atom stereocenters. The van der Waals surface area contributed by atoms with Crippen LogP contribution < -0.4 is 5.32 Å². The zero-order chi connectivity index (χ0) is 12.1. The van der Waals surface area contributed by atoms with Gasteiger partial charge in [0.15, 0.2) is 0 Å². The average molecular weight is 237 g/mol. The van der Waals surface area contributed by atoms with E-state index >= 15 is 0 Å². The van der Waals surface area contributed by atoms with Gasteiger partial charge in [0.1, 0.15) is 0 Å². The van der Waals surface area contributed by atoms with Crippen LogP contribution in [0.2, 0.25) is 0 Å². The summed E-state index contributed by atoms with van der Waals surface area (Å²) in [6.45, 7) is 8.07. The van der Waals surface area contributed by atoms with Crippen LogP contribution in [-0.2, 0) is 11.3 Å². The van der Waals surface area contributed by atoms with Crippen molar-refractivity contribution in [1.82, 2.24) is 15.1 Å². The lowest BCUT2D eigenvalue weighted by Gasteiger charge is -2.08. The standard InChI is InChI=1S/C13H23N3O/c1-11(2)16-7-4-13(15-16)10-17-8-5-12-3-6-14-9-12/h4,7,11-12,14H,3,5-6,8-10H2,1-2H3. The van der Waals surface area contributed by atoms with Crippen LogP contribution in [0, 0.1) is 5.92 Å². The van der Waals surface area contributed by atoms with E-state index < -0.39 is 0 Å². The molecular formula is C13H23N3O. The van der Waals surface area contributed by atoms with E-state index in [2.05, 4.69) is 24.3 Å². The molecule has 2 heterocycles. The Morgan fingerprint density at radius 2 is 2.47 bits per heavy atom. The average Bonchev–Trinajstić information content (AvgIpc) is 2.96. The molecule has 1 saturated heterocycles. The molecular weight excluding hydrogens is 214 g/mol. The largest absolute Gasteiger partial charge is 0.375 e. The molecule has 1 aliphatic rings. The van der Waals surface area contributed by atoms with Gasteiger partial charge in [-0.05, 0) is 51.8 Å². The van der Waals surface area contributed by atoms with Gasteiger partial charge in [-0.1, -0.05) is 0 Å². The zero-order valence-electron chi connectivity index (χ0n) is 10.9. The second-order valence-electron chi connectivity index (χ2n) is 5.08. The van der Waals surface area contributed by atoms with E-state index in [9.17, 15) is 0 Å². The fourth-order valence-electron chi connectivity index (χ4n) is 2.13. The van der Waals surface area contributed by atoms with Crippen LogP contribution in [0.25, 0.3) is 0 Å². The predicted octanol–water partition coefficient (Wildman–Crippen LogP) is 1.98. The number of nitrogens with zero attached hydrogens (tertiary/aromatic N) is 2. The number of ether oxygens (including phenoxy) is 1. The summed E-state index contributed by atoms with van der Waals surface area (Å²) < 4.78 is 7.64. The monoisotopic (exact) mass is 237 g/mol. The Hall–Kier alpha value is -0.870. The molecule has 1 aromatic rings. The summed E-state index contributed by atoms with van der Waals surface area (Å²) in [5.74, 6) is 0.809. The van der Waals surface area contributed by atoms with Crippen LogP contribution in [0.5, 0.6) is 0 Å². The molecule has 0 saturated carbocycles. The van der Waals surface area contributed by atoms with Gasteiger partial charge < -0.3 is 10.1 Å². The predicted molar refractivity (Wildman–Crippen MR) is 67.9 cm³/mol. The first-order valence-corrected chi connectivity index (χ1v) is 6.58. The smallest absolute Gasteiger partial charge is 0.0906 e. The fraction of sp³-hybridized carbons (Fsp3) is 0.769. The zero-order valence-corrected chi connectivity index (χ0v) is 10.9. The second-order valence-corrected chi connectivity index (χ2v) is 5.08. The molecule has 1 N–H and O–H groups in total. The maximum absolute atomic E-state index is 5.67. The number of aromatic nitrogens is 2. The van der Waals surface area contributed by atoms with Crippen molar-refractivity contribution in [3.63, 3.8) is 0 Å². The highest BCUT2D eigenvalue weighted by molar-refractivity contribution is 4.97. The third kappa shape index (κ3) is 3.82. The van der Waals surface area contributed by atoms with E-state index in [0.29, 0.717) is 12.6 Å². The fourth-order valence-corrected chi connectivity index (χ4v) is 2.13. The number of rotatable bonds is 6. The summed E-state index contributed by atoms with van der Waals surface area (Å²) in [4.78, 5) is 0. The third-order valence-corrected chi connectivity index (χ3v) is 3.28. The Bertz CT molecular complexity index is 329. The second kappa shape index (κ2) is 6.17. The number of hydrogen-bond donors (Lipinski definition) is 1. The van der Waals surface area contributed by atoms with Crippen LogP contribution in [0.1, 0.15) is 38.4 Å². The summed E-state index contributed by atoms with van der Waals surface area (Å²) >= 11 is 0. The molecule has 1 aliphatic heterocycles. The summed E-state index contributed by atoms with van der Waals surface area (Å²) in [7, 11) is 0. The molecule has 0 radical (unpaired) electrons. The molecule has 0 aliphatic carbocycles. The molecule has 0 bridgehead atoms. The molecule has 17 heavy (non-hydrogen) atoms. The maximum atomic E-state index is 5.67. The molecule has 0 spiro atoms. The first-order chi connectivity index (χ1) is 8.25. The number of nitrogens with one attached hydrogen (secondary N) is 1. The summed E-state index contributed by atoms with van der Waals surface area (Å²) in [6, 6.07) is 2.46. The Morgan fingerprint density at radius 1 is 1.59 bits per heavy atom. The lowest BCUT2D eigenvalue weighted by atomic mass is 10.1. The van der Waals surface area contributed by atoms with Crippen molar-refractivity contribution in [2.45, 2.75) is 39.3 Å². The van der Waals surface area contributed by atoms with Crippen molar-refractivity contribution in [3.05, 3.63) is 18.0 Å². The molecule has 4 nitrogen and oxygen atoms in total. The van der Waals surface area contributed by atoms with Crippen molar-refractivity contribution in [2.24, 2.45) is 5.92 Å². The van der Waals surface area contributed by atoms with Gasteiger partial charge in [-0.2, -0.15) is 5.10 Å². The molecule has 0 amide bonds. The van der Waals surface area contributed by atoms with Crippen LogP contribution >= 0.6 is 0 Å². The van der Waals surface area contributed by atoms with E-state index in [1.807, 2.05) is 16.9 Å². The Labute approximate surface area is 103 Å². The Balaban J connectivity index is 1.63. The van der Waals surface area contributed by atoms with Gasteiger partial charge in [0.05, 0.1) is 12.3 Å². The minimum Gasteiger partial charge on any atom is -0.375 e. The minimum absolute atomic E-state index is 0.424. The molecule has 1 atom stereocenters. The lowest BCUT2D eigenvalue weighted by Crippen LogP contribution is -2.11. The Kier molecular flexibility index (Phi) is 4.57. The van der Waals surface area contributed by atoms with E-state index in [1.54, 1.807) is 0 Å². The highest BCUT2D eigenvalue weighted by Gasteiger charge is 2.13. The van der Waals surface area contributed by atoms with E-state index in [0.717, 1.165) is 31.2 Å². The SMILES string of the molecule is CC(C)n1ccc(COCCC2CCNC2)n1. The van der Waals surface area contributed by atoms with Crippen LogP contribution in [-0.4, -0.2) is 29.5 Å². The van der Waals surface area contributed by atoms with Gasteiger partial charge in [-0.15, -0.1) is 0 Å².